The fourth-order valence-electron chi connectivity index (χ4n) is 2.95. The number of carbonyl (C=O) groups is 1. The molecule has 0 bridgehead atoms. The van der Waals surface area contributed by atoms with Gasteiger partial charge in [0, 0.05) is 50.0 Å². The Bertz CT molecular complexity index is 819. The van der Waals surface area contributed by atoms with Crippen molar-refractivity contribution in [1.82, 2.24) is 14.9 Å². The molecule has 1 fully saturated rings. The maximum Gasteiger partial charge on any atom is 0.253 e. The van der Waals surface area contributed by atoms with Crippen molar-refractivity contribution >= 4 is 17.7 Å². The first-order valence-electron chi connectivity index (χ1n) is 8.74. The lowest BCUT2D eigenvalue weighted by Gasteiger charge is -2.35. The maximum absolute atomic E-state index is 12.6. The van der Waals surface area contributed by atoms with Gasteiger partial charge in [-0.15, -0.1) is 0 Å². The van der Waals surface area contributed by atoms with Crippen molar-refractivity contribution in [1.29, 1.82) is 5.26 Å². The molecular weight excluding hydrogens is 328 g/mol. The number of nitrogens with one attached hydrogen (secondary N) is 1. The second-order valence-electron chi connectivity index (χ2n) is 6.19. The number of nitriles is 1. The first-order chi connectivity index (χ1) is 12.6. The molecular formula is C19H22N6O. The third-order valence-electron chi connectivity index (χ3n) is 4.31. The smallest absolute Gasteiger partial charge is 0.253 e. The molecule has 3 rings (SSSR count). The van der Waals surface area contributed by atoms with E-state index >= 15 is 0 Å². The number of amides is 1. The molecule has 1 amide bonds. The average Bonchev–Trinajstić information content (AvgIpc) is 2.67. The van der Waals surface area contributed by atoms with Crippen LogP contribution in [0.4, 0.5) is 11.8 Å². The van der Waals surface area contributed by atoms with E-state index in [0.29, 0.717) is 43.3 Å². The summed E-state index contributed by atoms with van der Waals surface area (Å²) < 4.78 is 0. The molecule has 7 heteroatoms. The molecule has 0 radical (unpaired) electrons. The fourth-order valence-corrected chi connectivity index (χ4v) is 2.95. The minimum atomic E-state index is -0.00682. The summed E-state index contributed by atoms with van der Waals surface area (Å²) in [5.74, 6) is 1.52. The summed E-state index contributed by atoms with van der Waals surface area (Å²) in [5, 5.41) is 12.1. The van der Waals surface area contributed by atoms with Gasteiger partial charge in [0.2, 0.25) is 5.95 Å². The lowest BCUT2D eigenvalue weighted by molar-refractivity contribution is 0.0746. The van der Waals surface area contributed by atoms with Crippen molar-refractivity contribution in [3.8, 4) is 6.07 Å². The second kappa shape index (κ2) is 7.83. The number of hydrogen-bond acceptors (Lipinski definition) is 6. The zero-order valence-corrected chi connectivity index (χ0v) is 15.1. The highest BCUT2D eigenvalue weighted by Gasteiger charge is 2.23. The van der Waals surface area contributed by atoms with Crippen molar-refractivity contribution in [3.63, 3.8) is 0 Å². The molecule has 0 spiro atoms. The quantitative estimate of drug-likeness (QED) is 0.908. The van der Waals surface area contributed by atoms with Crippen LogP contribution in [0.15, 0.2) is 30.3 Å². The number of carbonyl (C=O) groups excluding carboxylic acids is 1. The predicted octanol–water partition coefficient (Wildman–Crippen LogP) is 2.05. The SMILES string of the molecule is CCNc1cc(C)nc(N2CCN(C(=O)c3ccc(C#N)cc3)CC2)n1. The van der Waals surface area contributed by atoms with E-state index < -0.39 is 0 Å². The van der Waals surface area contributed by atoms with Crippen LogP contribution >= 0.6 is 0 Å². The van der Waals surface area contributed by atoms with Gasteiger partial charge >= 0.3 is 0 Å². The number of rotatable bonds is 4. The summed E-state index contributed by atoms with van der Waals surface area (Å²) >= 11 is 0. The highest BCUT2D eigenvalue weighted by atomic mass is 16.2. The van der Waals surface area contributed by atoms with Crippen LogP contribution < -0.4 is 10.2 Å². The first-order valence-corrected chi connectivity index (χ1v) is 8.74. The lowest BCUT2D eigenvalue weighted by Crippen LogP contribution is -2.49. The number of anilines is 2. The minimum absolute atomic E-state index is 0.00682. The number of aromatic nitrogens is 2. The normalized spacial score (nSPS) is 14.0. The van der Waals surface area contributed by atoms with Crippen LogP contribution in [0, 0.1) is 18.3 Å². The average molecular weight is 350 g/mol. The fraction of sp³-hybridized carbons (Fsp3) is 0.368. The van der Waals surface area contributed by atoms with Crippen molar-refractivity contribution in [2.45, 2.75) is 13.8 Å². The summed E-state index contributed by atoms with van der Waals surface area (Å²) in [6.45, 7) is 7.41. The molecule has 0 aliphatic carbocycles. The molecule has 2 aromatic rings. The van der Waals surface area contributed by atoms with Crippen LogP contribution in [-0.2, 0) is 0 Å². The van der Waals surface area contributed by atoms with Gasteiger partial charge < -0.3 is 15.1 Å². The standard InChI is InChI=1S/C19H22N6O/c1-3-21-17-12-14(2)22-19(23-17)25-10-8-24(9-11-25)18(26)16-6-4-15(13-20)5-7-16/h4-7,12H,3,8-11H2,1-2H3,(H,21,22,23). The predicted molar refractivity (Wildman–Crippen MR) is 100 cm³/mol. The molecule has 0 saturated carbocycles. The van der Waals surface area contributed by atoms with Crippen molar-refractivity contribution in [3.05, 3.63) is 47.2 Å². The third kappa shape index (κ3) is 3.91. The molecule has 0 unspecified atom stereocenters. The van der Waals surface area contributed by atoms with Gasteiger partial charge in [0.15, 0.2) is 0 Å². The zero-order valence-electron chi connectivity index (χ0n) is 15.1. The van der Waals surface area contributed by atoms with E-state index in [-0.39, 0.29) is 5.91 Å². The Labute approximate surface area is 153 Å². The summed E-state index contributed by atoms with van der Waals surface area (Å²) in [4.78, 5) is 25.7. The monoisotopic (exact) mass is 350 g/mol. The number of nitrogens with zero attached hydrogens (tertiary/aromatic N) is 5. The van der Waals surface area contributed by atoms with Gasteiger partial charge in [0.25, 0.3) is 5.91 Å². The van der Waals surface area contributed by atoms with Crippen molar-refractivity contribution < 1.29 is 4.79 Å². The Balaban J connectivity index is 1.65. The van der Waals surface area contributed by atoms with Crippen LogP contribution in [-0.4, -0.2) is 53.5 Å². The van der Waals surface area contributed by atoms with Gasteiger partial charge in [-0.1, -0.05) is 0 Å². The lowest BCUT2D eigenvalue weighted by atomic mass is 10.1. The Hall–Kier alpha value is -3.14. The van der Waals surface area contributed by atoms with Crippen LogP contribution in [0.1, 0.15) is 28.5 Å². The van der Waals surface area contributed by atoms with E-state index in [4.69, 9.17) is 5.26 Å². The minimum Gasteiger partial charge on any atom is -0.370 e. The summed E-state index contributed by atoms with van der Waals surface area (Å²) in [6.07, 6.45) is 0. The van der Waals surface area contributed by atoms with E-state index in [1.807, 2.05) is 24.8 Å². The summed E-state index contributed by atoms with van der Waals surface area (Å²) in [7, 11) is 0. The van der Waals surface area contributed by atoms with Gasteiger partial charge in [0.05, 0.1) is 11.6 Å². The van der Waals surface area contributed by atoms with Gasteiger partial charge in [-0.3, -0.25) is 4.79 Å². The van der Waals surface area contributed by atoms with Crippen molar-refractivity contribution in [2.75, 3.05) is 42.9 Å². The molecule has 2 heterocycles. The van der Waals surface area contributed by atoms with Crippen LogP contribution in [0.3, 0.4) is 0 Å². The van der Waals surface area contributed by atoms with E-state index in [1.165, 1.54) is 0 Å². The molecule has 0 atom stereocenters. The van der Waals surface area contributed by atoms with Crippen molar-refractivity contribution in [2.24, 2.45) is 0 Å². The number of piperazine rings is 1. The zero-order chi connectivity index (χ0) is 18.5. The summed E-state index contributed by atoms with van der Waals surface area (Å²) in [6, 6.07) is 10.8. The molecule has 1 aromatic carbocycles. The van der Waals surface area contributed by atoms with Gasteiger partial charge in [-0.2, -0.15) is 10.2 Å². The topological polar surface area (TPSA) is 85.2 Å². The van der Waals surface area contributed by atoms with Gasteiger partial charge in [-0.25, -0.2) is 4.98 Å². The van der Waals surface area contributed by atoms with Gasteiger partial charge in [-0.05, 0) is 38.1 Å². The molecule has 1 saturated heterocycles. The molecule has 1 aliphatic heterocycles. The Kier molecular flexibility index (Phi) is 5.32. The molecule has 7 nitrogen and oxygen atoms in total. The molecule has 1 N–H and O–H groups in total. The van der Waals surface area contributed by atoms with Crippen LogP contribution in [0.5, 0.6) is 0 Å². The molecule has 1 aromatic heterocycles. The van der Waals surface area contributed by atoms with E-state index in [1.54, 1.807) is 24.3 Å². The van der Waals surface area contributed by atoms with Crippen LogP contribution in [0.25, 0.3) is 0 Å². The Morgan fingerprint density at radius 1 is 1.19 bits per heavy atom. The van der Waals surface area contributed by atoms with Gasteiger partial charge in [0.1, 0.15) is 5.82 Å². The Morgan fingerprint density at radius 3 is 2.50 bits per heavy atom. The van der Waals surface area contributed by atoms with E-state index in [2.05, 4.69) is 26.3 Å². The molecule has 134 valence electrons. The molecule has 26 heavy (non-hydrogen) atoms. The second-order valence-corrected chi connectivity index (χ2v) is 6.19. The Morgan fingerprint density at radius 2 is 1.88 bits per heavy atom. The largest absolute Gasteiger partial charge is 0.370 e. The summed E-state index contributed by atoms with van der Waals surface area (Å²) in [5.41, 5.74) is 2.08. The molecule has 1 aliphatic rings. The number of aryl methyl sites for hydroxylation is 1. The first kappa shape index (κ1) is 17.7. The van der Waals surface area contributed by atoms with E-state index in [9.17, 15) is 4.79 Å². The number of hydrogen-bond donors (Lipinski definition) is 1. The highest BCUT2D eigenvalue weighted by molar-refractivity contribution is 5.94. The third-order valence-corrected chi connectivity index (χ3v) is 4.31. The van der Waals surface area contributed by atoms with E-state index in [0.717, 1.165) is 18.1 Å². The maximum atomic E-state index is 12.6. The number of benzene rings is 1. The van der Waals surface area contributed by atoms with Crippen LogP contribution in [0.2, 0.25) is 0 Å². The highest BCUT2D eigenvalue weighted by Crippen LogP contribution is 2.17.